The molecule has 5 nitrogen and oxygen atoms in total. The molecule has 1 fully saturated rings. The minimum absolute atomic E-state index is 0.289. The first-order valence-electron chi connectivity index (χ1n) is 4.98. The predicted molar refractivity (Wildman–Crippen MR) is 59.7 cm³/mol. The van der Waals surface area contributed by atoms with Crippen molar-refractivity contribution in [1.29, 1.82) is 0 Å². The Morgan fingerprint density at radius 1 is 1.53 bits per heavy atom. The summed E-state index contributed by atoms with van der Waals surface area (Å²) in [6, 6.07) is 0. The molecule has 82 valence electrons. The maximum Gasteiger partial charge on any atom is 0.243 e. The Bertz CT molecular complexity index is 341. The van der Waals surface area contributed by atoms with E-state index < -0.39 is 0 Å². The van der Waals surface area contributed by atoms with Crippen LogP contribution in [0.2, 0.25) is 0 Å². The molecule has 2 heterocycles. The van der Waals surface area contributed by atoms with E-state index in [1.807, 2.05) is 6.92 Å². The lowest BCUT2D eigenvalue weighted by molar-refractivity contribution is 0.120. The Labute approximate surface area is 96.8 Å². The lowest BCUT2D eigenvalue weighted by atomic mass is 10.2. The summed E-state index contributed by atoms with van der Waals surface area (Å²) in [6.45, 7) is 3.50. The monoisotopic (exact) mass is 272 g/mol. The van der Waals surface area contributed by atoms with Gasteiger partial charge in [0.15, 0.2) is 0 Å². The van der Waals surface area contributed by atoms with E-state index in [9.17, 15) is 0 Å². The molecule has 1 aliphatic rings. The summed E-state index contributed by atoms with van der Waals surface area (Å²) in [5.41, 5.74) is 0.833. The van der Waals surface area contributed by atoms with Crippen LogP contribution in [0.4, 0.5) is 5.95 Å². The molecule has 1 aromatic rings. The van der Waals surface area contributed by atoms with Gasteiger partial charge in [0.1, 0.15) is 4.60 Å². The van der Waals surface area contributed by atoms with Gasteiger partial charge in [-0.2, -0.15) is 0 Å². The van der Waals surface area contributed by atoms with Gasteiger partial charge in [0.25, 0.3) is 0 Å². The van der Waals surface area contributed by atoms with E-state index in [1.165, 1.54) is 0 Å². The van der Waals surface area contributed by atoms with Crippen molar-refractivity contribution < 1.29 is 4.74 Å². The maximum absolute atomic E-state index is 5.48. The molecule has 0 radical (unpaired) electrons. The number of anilines is 1. The number of aryl methyl sites for hydroxylation is 1. The Kier molecular flexibility index (Phi) is 3.48. The van der Waals surface area contributed by atoms with Gasteiger partial charge in [0.2, 0.25) is 5.95 Å². The van der Waals surface area contributed by atoms with Gasteiger partial charge in [-0.1, -0.05) is 0 Å². The Morgan fingerprint density at radius 2 is 2.40 bits per heavy atom. The highest BCUT2D eigenvalue weighted by Crippen LogP contribution is 2.13. The first-order valence-corrected chi connectivity index (χ1v) is 5.77. The third kappa shape index (κ3) is 2.85. The molecule has 15 heavy (non-hydrogen) atoms. The maximum atomic E-state index is 5.48. The van der Waals surface area contributed by atoms with Crippen molar-refractivity contribution in [2.75, 3.05) is 18.5 Å². The first kappa shape index (κ1) is 10.8. The minimum Gasteiger partial charge on any atom is -0.376 e. The molecule has 0 unspecified atom stereocenters. The lowest BCUT2D eigenvalue weighted by Crippen LogP contribution is -2.20. The van der Waals surface area contributed by atoms with Gasteiger partial charge >= 0.3 is 0 Å². The van der Waals surface area contributed by atoms with Crippen LogP contribution in [0, 0.1) is 6.92 Å². The van der Waals surface area contributed by atoms with Crippen molar-refractivity contribution in [2.45, 2.75) is 25.9 Å². The van der Waals surface area contributed by atoms with Crippen molar-refractivity contribution in [3.63, 3.8) is 0 Å². The summed E-state index contributed by atoms with van der Waals surface area (Å²) >= 11 is 3.26. The zero-order valence-electron chi connectivity index (χ0n) is 8.53. The number of nitrogens with one attached hydrogen (secondary N) is 1. The van der Waals surface area contributed by atoms with Crippen LogP contribution >= 0.6 is 15.9 Å². The SMILES string of the molecule is Cc1nc(NC[C@@H]2CCCO2)nnc1Br. The molecule has 1 N–H and O–H groups in total. The molecule has 0 aromatic carbocycles. The van der Waals surface area contributed by atoms with Gasteiger partial charge < -0.3 is 10.1 Å². The van der Waals surface area contributed by atoms with Crippen molar-refractivity contribution in [3.8, 4) is 0 Å². The quantitative estimate of drug-likeness (QED) is 0.905. The number of hydrogen-bond acceptors (Lipinski definition) is 5. The third-order valence-electron chi connectivity index (χ3n) is 2.32. The van der Waals surface area contributed by atoms with Gasteiger partial charge in [-0.3, -0.25) is 0 Å². The summed E-state index contributed by atoms with van der Waals surface area (Å²) in [4.78, 5) is 4.25. The summed E-state index contributed by atoms with van der Waals surface area (Å²) in [7, 11) is 0. The second kappa shape index (κ2) is 4.85. The normalized spacial score (nSPS) is 20.5. The molecule has 0 amide bonds. The summed E-state index contributed by atoms with van der Waals surface area (Å²) in [5.74, 6) is 0.561. The van der Waals surface area contributed by atoms with Crippen molar-refractivity contribution in [3.05, 3.63) is 10.3 Å². The molecule has 1 saturated heterocycles. The molecule has 1 aromatic heterocycles. The molecule has 1 atom stereocenters. The highest BCUT2D eigenvalue weighted by molar-refractivity contribution is 9.10. The molecular formula is C9H13BrN4O. The molecule has 0 saturated carbocycles. The van der Waals surface area contributed by atoms with Crippen LogP contribution in [-0.2, 0) is 4.74 Å². The Hall–Kier alpha value is -0.750. The molecule has 6 heteroatoms. The van der Waals surface area contributed by atoms with Crippen LogP contribution in [0.5, 0.6) is 0 Å². The van der Waals surface area contributed by atoms with Gasteiger partial charge in [0.05, 0.1) is 11.8 Å². The second-order valence-electron chi connectivity index (χ2n) is 3.53. The summed E-state index contributed by atoms with van der Waals surface area (Å²) in [6.07, 6.45) is 2.54. The minimum atomic E-state index is 0.289. The van der Waals surface area contributed by atoms with Crippen molar-refractivity contribution in [1.82, 2.24) is 15.2 Å². The first-order chi connectivity index (χ1) is 7.25. The van der Waals surface area contributed by atoms with Crippen molar-refractivity contribution >= 4 is 21.9 Å². The van der Waals surface area contributed by atoms with Crippen LogP contribution < -0.4 is 5.32 Å². The molecule has 0 aliphatic carbocycles. The average molecular weight is 273 g/mol. The molecule has 2 rings (SSSR count). The van der Waals surface area contributed by atoms with E-state index in [2.05, 4.69) is 36.4 Å². The lowest BCUT2D eigenvalue weighted by Gasteiger charge is -2.10. The number of aromatic nitrogens is 3. The Balaban J connectivity index is 1.90. The second-order valence-corrected chi connectivity index (χ2v) is 4.28. The van der Waals surface area contributed by atoms with Gasteiger partial charge in [-0.15, -0.1) is 10.2 Å². The standard InChI is InChI=1S/C9H13BrN4O/c1-6-8(10)13-14-9(12-6)11-5-7-3-2-4-15-7/h7H,2-5H2,1H3,(H,11,12,14)/t7-/m0/s1. The van der Waals surface area contributed by atoms with E-state index in [0.29, 0.717) is 10.6 Å². The molecule has 1 aliphatic heterocycles. The van der Waals surface area contributed by atoms with Crippen LogP contribution in [-0.4, -0.2) is 34.4 Å². The number of rotatable bonds is 3. The number of ether oxygens (including phenoxy) is 1. The highest BCUT2D eigenvalue weighted by Gasteiger charge is 2.15. The molecular weight excluding hydrogens is 260 g/mol. The topological polar surface area (TPSA) is 59.9 Å². The molecule has 0 spiro atoms. The predicted octanol–water partition coefficient (Wildman–Crippen LogP) is 1.53. The van der Waals surface area contributed by atoms with Crippen molar-refractivity contribution in [2.24, 2.45) is 0 Å². The van der Waals surface area contributed by atoms with E-state index in [-0.39, 0.29) is 6.10 Å². The number of halogens is 1. The van der Waals surface area contributed by atoms with Gasteiger partial charge in [-0.05, 0) is 35.7 Å². The summed E-state index contributed by atoms with van der Waals surface area (Å²) in [5, 5.41) is 11.0. The zero-order valence-corrected chi connectivity index (χ0v) is 10.1. The average Bonchev–Trinajstić information content (AvgIpc) is 2.73. The highest BCUT2D eigenvalue weighted by atomic mass is 79.9. The van der Waals surface area contributed by atoms with Crippen LogP contribution in [0.25, 0.3) is 0 Å². The zero-order chi connectivity index (χ0) is 10.7. The fourth-order valence-corrected chi connectivity index (χ4v) is 1.64. The molecule has 0 bridgehead atoms. The fraction of sp³-hybridized carbons (Fsp3) is 0.667. The van der Waals surface area contributed by atoms with Crippen LogP contribution in [0.3, 0.4) is 0 Å². The van der Waals surface area contributed by atoms with E-state index in [4.69, 9.17) is 4.74 Å². The third-order valence-corrected chi connectivity index (χ3v) is 3.05. The largest absolute Gasteiger partial charge is 0.376 e. The van der Waals surface area contributed by atoms with E-state index in [0.717, 1.165) is 31.7 Å². The van der Waals surface area contributed by atoms with Crippen LogP contribution in [0.1, 0.15) is 18.5 Å². The van der Waals surface area contributed by atoms with Crippen LogP contribution in [0.15, 0.2) is 4.60 Å². The van der Waals surface area contributed by atoms with E-state index >= 15 is 0 Å². The number of hydrogen-bond donors (Lipinski definition) is 1. The van der Waals surface area contributed by atoms with Gasteiger partial charge in [-0.25, -0.2) is 4.98 Å². The van der Waals surface area contributed by atoms with E-state index in [1.54, 1.807) is 0 Å². The Morgan fingerprint density at radius 3 is 3.07 bits per heavy atom. The number of nitrogens with zero attached hydrogens (tertiary/aromatic N) is 3. The smallest absolute Gasteiger partial charge is 0.243 e. The summed E-state index contributed by atoms with van der Waals surface area (Å²) < 4.78 is 6.17. The van der Waals surface area contributed by atoms with Gasteiger partial charge in [0, 0.05) is 13.2 Å². The fourth-order valence-electron chi connectivity index (χ4n) is 1.48.